The summed E-state index contributed by atoms with van der Waals surface area (Å²) < 4.78 is 49.5. The van der Waals surface area contributed by atoms with Crippen LogP contribution >= 0.6 is 0 Å². The monoisotopic (exact) mass is 488 g/mol. The van der Waals surface area contributed by atoms with Crippen molar-refractivity contribution in [2.75, 3.05) is 6.67 Å². The van der Waals surface area contributed by atoms with E-state index in [2.05, 4.69) is 20.8 Å². The molecule has 0 amide bonds. The van der Waals surface area contributed by atoms with Crippen LogP contribution in [0.15, 0.2) is 0 Å². The van der Waals surface area contributed by atoms with Crippen LogP contribution in [0.1, 0.15) is 104 Å². The molecule has 0 saturated heterocycles. The number of Topliss-reactive ketones (excluding diaryl/α,β-unsaturated/α-hetero) is 1. The second kappa shape index (κ2) is 11.5. The molecule has 3 unspecified atom stereocenters. The zero-order valence-corrected chi connectivity index (χ0v) is 21.6. The highest BCUT2D eigenvalue weighted by atomic mass is 32.3. The molecule has 0 aromatic rings. The third kappa shape index (κ3) is 6.78. The van der Waals surface area contributed by atoms with E-state index >= 15 is 0 Å². The Hall–Kier alpha value is -0.530. The molecule has 3 saturated carbocycles. The third-order valence-electron chi connectivity index (χ3n) is 9.65. The number of alkyl halides is 1. The zero-order chi connectivity index (χ0) is 24.2. The summed E-state index contributed by atoms with van der Waals surface area (Å²) in [6.07, 6.45) is 12.4. The van der Waals surface area contributed by atoms with E-state index in [-0.39, 0.29) is 5.78 Å². The van der Waals surface area contributed by atoms with Crippen molar-refractivity contribution in [2.45, 2.75) is 110 Å². The predicted molar refractivity (Wildman–Crippen MR) is 128 cm³/mol. The van der Waals surface area contributed by atoms with Gasteiger partial charge in [0.2, 0.25) is 0 Å². The van der Waals surface area contributed by atoms with Crippen molar-refractivity contribution in [3.8, 4) is 0 Å². The van der Waals surface area contributed by atoms with Crippen LogP contribution in [0.3, 0.4) is 0 Å². The van der Waals surface area contributed by atoms with Crippen molar-refractivity contribution >= 4 is 16.2 Å². The SMILES string of the molecule is CCCC[C@H](CC1CCC2[C@H](CCC3(C)[C@@H]([C@H](C)CCC(=O)CF)CC[C@@H]23)C1)OS(=O)(=O)O. The number of hydrogen-bond acceptors (Lipinski definition) is 4. The summed E-state index contributed by atoms with van der Waals surface area (Å²) in [5.74, 6) is 3.44. The van der Waals surface area contributed by atoms with Gasteiger partial charge < -0.3 is 0 Å². The molecule has 0 spiro atoms. The maximum atomic E-state index is 12.6. The summed E-state index contributed by atoms with van der Waals surface area (Å²) in [7, 11) is -4.42. The number of rotatable bonds is 12. The van der Waals surface area contributed by atoms with E-state index in [0.29, 0.717) is 48.3 Å². The lowest BCUT2D eigenvalue weighted by Gasteiger charge is -2.53. The first-order valence-electron chi connectivity index (χ1n) is 13.3. The lowest BCUT2D eigenvalue weighted by Crippen LogP contribution is -2.45. The van der Waals surface area contributed by atoms with Crippen molar-refractivity contribution < 1.29 is 26.3 Å². The van der Waals surface area contributed by atoms with Crippen molar-refractivity contribution in [2.24, 2.45) is 40.9 Å². The van der Waals surface area contributed by atoms with E-state index in [1.807, 2.05) is 0 Å². The van der Waals surface area contributed by atoms with E-state index in [1.54, 1.807) is 0 Å². The highest BCUT2D eigenvalue weighted by Crippen LogP contribution is 2.63. The molecule has 7 heteroatoms. The maximum Gasteiger partial charge on any atom is 0.397 e. The first-order valence-corrected chi connectivity index (χ1v) is 14.7. The average molecular weight is 489 g/mol. The topological polar surface area (TPSA) is 80.7 Å². The summed E-state index contributed by atoms with van der Waals surface area (Å²) in [5.41, 5.74) is 0.323. The first kappa shape index (κ1) is 27.1. The first-order chi connectivity index (χ1) is 15.6. The summed E-state index contributed by atoms with van der Waals surface area (Å²) in [6, 6.07) is 0. The number of halogens is 1. The Bertz CT molecular complexity index is 756. The lowest BCUT2D eigenvalue weighted by molar-refractivity contribution is -0.120. The van der Waals surface area contributed by atoms with Gasteiger partial charge in [-0.05, 0) is 98.7 Å². The molecule has 33 heavy (non-hydrogen) atoms. The number of ketones is 1. The molecule has 0 radical (unpaired) electrons. The molecule has 0 bridgehead atoms. The van der Waals surface area contributed by atoms with Gasteiger partial charge in [0.15, 0.2) is 5.78 Å². The quantitative estimate of drug-likeness (QED) is 0.314. The van der Waals surface area contributed by atoms with Crippen LogP contribution in [0, 0.1) is 40.9 Å². The molecular formula is C26H45FO5S. The molecule has 192 valence electrons. The van der Waals surface area contributed by atoms with Crippen molar-refractivity contribution in [3.05, 3.63) is 0 Å². The third-order valence-corrected chi connectivity index (χ3v) is 10.2. The Morgan fingerprint density at radius 1 is 1.18 bits per heavy atom. The summed E-state index contributed by atoms with van der Waals surface area (Å²) >= 11 is 0. The maximum absolute atomic E-state index is 12.6. The van der Waals surface area contributed by atoms with Gasteiger partial charge in [-0.25, -0.2) is 8.57 Å². The van der Waals surface area contributed by atoms with Crippen LogP contribution in [0.25, 0.3) is 0 Å². The number of fused-ring (bicyclic) bond motifs is 3. The Kier molecular flexibility index (Phi) is 9.41. The number of hydrogen-bond donors (Lipinski definition) is 1. The van der Waals surface area contributed by atoms with Crippen molar-refractivity contribution in [1.29, 1.82) is 0 Å². The van der Waals surface area contributed by atoms with Gasteiger partial charge in [-0.3, -0.25) is 9.35 Å². The molecule has 3 rings (SSSR count). The van der Waals surface area contributed by atoms with Crippen LogP contribution in [-0.2, 0) is 19.4 Å². The molecule has 5 nitrogen and oxygen atoms in total. The molecule has 0 aromatic carbocycles. The van der Waals surface area contributed by atoms with Gasteiger partial charge in [0, 0.05) is 6.42 Å². The van der Waals surface area contributed by atoms with Gasteiger partial charge in [-0.2, -0.15) is 8.42 Å². The Morgan fingerprint density at radius 2 is 1.94 bits per heavy atom. The van der Waals surface area contributed by atoms with Crippen LogP contribution in [0.2, 0.25) is 0 Å². The molecule has 3 fully saturated rings. The summed E-state index contributed by atoms with van der Waals surface area (Å²) in [6.45, 7) is 5.98. The number of carbonyl (C=O) groups excluding carboxylic acids is 1. The Labute approximate surface area is 200 Å². The van der Waals surface area contributed by atoms with Crippen LogP contribution in [0.5, 0.6) is 0 Å². The van der Waals surface area contributed by atoms with E-state index in [4.69, 9.17) is 4.18 Å². The molecule has 3 aliphatic carbocycles. The minimum absolute atomic E-state index is 0.265. The molecule has 3 aliphatic rings. The van der Waals surface area contributed by atoms with E-state index in [1.165, 1.54) is 32.1 Å². The fourth-order valence-corrected chi connectivity index (χ4v) is 8.61. The van der Waals surface area contributed by atoms with Gasteiger partial charge in [0.05, 0.1) is 6.10 Å². The number of unbranched alkanes of at least 4 members (excludes halogenated alkanes) is 1. The molecule has 1 N–H and O–H groups in total. The largest absolute Gasteiger partial charge is 0.397 e. The second-order valence-corrected chi connectivity index (χ2v) is 12.7. The van der Waals surface area contributed by atoms with Gasteiger partial charge >= 0.3 is 10.4 Å². The highest BCUT2D eigenvalue weighted by molar-refractivity contribution is 7.80. The lowest BCUT2D eigenvalue weighted by atomic mass is 9.52. The van der Waals surface area contributed by atoms with Crippen LogP contribution < -0.4 is 0 Å². The Morgan fingerprint density at radius 3 is 2.61 bits per heavy atom. The fourth-order valence-electron chi connectivity index (χ4n) is 8.10. The van der Waals surface area contributed by atoms with E-state index < -0.39 is 23.2 Å². The average Bonchev–Trinajstić information content (AvgIpc) is 3.12. The smallest absolute Gasteiger partial charge is 0.297 e. The van der Waals surface area contributed by atoms with Crippen molar-refractivity contribution in [1.82, 2.24) is 0 Å². The standard InChI is InChI=1S/C26H45FO5S/c1-4-5-6-22(32-33(29,30)31)16-19-8-10-23-20(15-19)13-14-26(3)24(11-12-25(23)26)18(2)7-9-21(28)17-27/h18-20,22-25H,4-17H2,1-3H3,(H,29,30,31)/t18-,19?,20-,22-,23?,24-,25+,26?/m1/s1. The molecule has 8 atom stereocenters. The zero-order valence-electron chi connectivity index (χ0n) is 20.8. The van der Waals surface area contributed by atoms with Gasteiger partial charge in [0.25, 0.3) is 0 Å². The minimum Gasteiger partial charge on any atom is -0.297 e. The van der Waals surface area contributed by atoms with Gasteiger partial charge in [-0.1, -0.05) is 40.0 Å². The summed E-state index contributed by atoms with van der Waals surface area (Å²) in [5, 5.41) is 0. The molecular weight excluding hydrogens is 443 g/mol. The minimum atomic E-state index is -4.42. The van der Waals surface area contributed by atoms with Crippen LogP contribution in [0.4, 0.5) is 4.39 Å². The molecule has 0 heterocycles. The van der Waals surface area contributed by atoms with Crippen LogP contribution in [-0.4, -0.2) is 31.5 Å². The van der Waals surface area contributed by atoms with E-state index in [0.717, 1.165) is 43.9 Å². The van der Waals surface area contributed by atoms with E-state index in [9.17, 15) is 22.2 Å². The van der Waals surface area contributed by atoms with Gasteiger partial charge in [0.1, 0.15) is 6.67 Å². The second-order valence-electron chi connectivity index (χ2n) is 11.7. The molecule has 0 aliphatic heterocycles. The van der Waals surface area contributed by atoms with Crippen molar-refractivity contribution in [3.63, 3.8) is 0 Å². The summed E-state index contributed by atoms with van der Waals surface area (Å²) in [4.78, 5) is 11.5. The normalized spacial score (nSPS) is 36.1. The molecule has 0 aromatic heterocycles. The highest BCUT2D eigenvalue weighted by Gasteiger charge is 2.55. The fraction of sp³-hybridized carbons (Fsp3) is 0.962. The Balaban J connectivity index is 1.59. The van der Waals surface area contributed by atoms with Gasteiger partial charge in [-0.15, -0.1) is 0 Å². The predicted octanol–water partition coefficient (Wildman–Crippen LogP) is 6.57. The number of carbonyl (C=O) groups is 1.